The predicted molar refractivity (Wildman–Crippen MR) is 97.1 cm³/mol. The van der Waals surface area contributed by atoms with Gasteiger partial charge in [0, 0.05) is 42.5 Å². The lowest BCUT2D eigenvalue weighted by Crippen LogP contribution is -2.41. The Bertz CT molecular complexity index is 750. The molecular formula is C19H23N3O4. The fourth-order valence-corrected chi connectivity index (χ4v) is 2.35. The molecule has 0 aliphatic rings. The van der Waals surface area contributed by atoms with Crippen molar-refractivity contribution in [3.05, 3.63) is 53.9 Å². The summed E-state index contributed by atoms with van der Waals surface area (Å²) in [5, 5.41) is 5.21. The third kappa shape index (κ3) is 5.20. The Morgan fingerprint density at radius 3 is 2.50 bits per heavy atom. The molecule has 138 valence electrons. The maximum atomic E-state index is 12.0. The number of pyridine rings is 1. The van der Waals surface area contributed by atoms with Crippen molar-refractivity contribution in [3.63, 3.8) is 0 Å². The van der Waals surface area contributed by atoms with Gasteiger partial charge in [0.15, 0.2) is 0 Å². The molecule has 0 saturated carbocycles. The first kappa shape index (κ1) is 19.2. The molecule has 7 nitrogen and oxygen atoms in total. The van der Waals surface area contributed by atoms with E-state index < -0.39 is 11.8 Å². The van der Waals surface area contributed by atoms with Gasteiger partial charge < -0.3 is 20.1 Å². The highest BCUT2D eigenvalue weighted by Crippen LogP contribution is 2.24. The van der Waals surface area contributed by atoms with Gasteiger partial charge in [-0.15, -0.1) is 0 Å². The Balaban J connectivity index is 1.85. The molecule has 0 bridgehead atoms. The largest absolute Gasteiger partial charge is 0.497 e. The average Bonchev–Trinajstić information content (AvgIpc) is 2.70. The smallest absolute Gasteiger partial charge is 0.309 e. The lowest BCUT2D eigenvalue weighted by atomic mass is 10.1. The van der Waals surface area contributed by atoms with E-state index in [9.17, 15) is 9.59 Å². The zero-order valence-corrected chi connectivity index (χ0v) is 15.1. The number of hydrogen-bond donors (Lipinski definition) is 2. The van der Waals surface area contributed by atoms with Crippen molar-refractivity contribution in [2.75, 3.05) is 20.8 Å². The molecule has 1 aromatic heterocycles. The second kappa shape index (κ2) is 9.41. The fourth-order valence-electron chi connectivity index (χ4n) is 2.35. The number of rotatable bonds is 7. The summed E-state index contributed by atoms with van der Waals surface area (Å²) in [7, 11) is 3.10. The molecule has 0 aliphatic heterocycles. The van der Waals surface area contributed by atoms with Crippen molar-refractivity contribution in [2.24, 2.45) is 0 Å². The van der Waals surface area contributed by atoms with Crippen LogP contribution >= 0.6 is 0 Å². The van der Waals surface area contributed by atoms with Gasteiger partial charge >= 0.3 is 11.8 Å². The average molecular weight is 357 g/mol. The van der Waals surface area contributed by atoms with E-state index in [1.165, 1.54) is 7.11 Å². The zero-order valence-electron chi connectivity index (χ0n) is 15.1. The quantitative estimate of drug-likeness (QED) is 0.735. The lowest BCUT2D eigenvalue weighted by Gasteiger charge is -2.13. The van der Waals surface area contributed by atoms with E-state index in [1.54, 1.807) is 31.5 Å². The van der Waals surface area contributed by atoms with Crippen molar-refractivity contribution in [1.82, 2.24) is 15.6 Å². The summed E-state index contributed by atoms with van der Waals surface area (Å²) in [6.07, 6.45) is 1.70. The molecule has 0 saturated heterocycles. The van der Waals surface area contributed by atoms with Crippen LogP contribution in [-0.2, 0) is 16.1 Å². The lowest BCUT2D eigenvalue weighted by molar-refractivity contribution is -0.139. The standard InChI is InChI=1S/C19H23N3O4/c1-13(16-6-4-5-9-20-16)11-21-18(23)19(24)22-12-14-7-8-15(25-2)10-17(14)26-3/h4-10,13H,11-12H2,1-3H3,(H,21,23)(H,22,24). The first-order valence-corrected chi connectivity index (χ1v) is 8.23. The fraction of sp³-hybridized carbons (Fsp3) is 0.316. The molecule has 2 aromatic rings. The maximum Gasteiger partial charge on any atom is 0.309 e. The molecule has 0 radical (unpaired) electrons. The monoisotopic (exact) mass is 357 g/mol. The van der Waals surface area contributed by atoms with Gasteiger partial charge in [0.25, 0.3) is 0 Å². The van der Waals surface area contributed by atoms with Gasteiger partial charge in [-0.1, -0.05) is 13.0 Å². The Kier molecular flexibility index (Phi) is 6.96. The van der Waals surface area contributed by atoms with Gasteiger partial charge in [-0.05, 0) is 24.3 Å². The first-order valence-electron chi connectivity index (χ1n) is 8.23. The Morgan fingerprint density at radius 2 is 1.85 bits per heavy atom. The van der Waals surface area contributed by atoms with E-state index in [1.807, 2.05) is 25.1 Å². The zero-order chi connectivity index (χ0) is 18.9. The first-order chi connectivity index (χ1) is 12.5. The summed E-state index contributed by atoms with van der Waals surface area (Å²) in [5.41, 5.74) is 1.60. The number of ether oxygens (including phenoxy) is 2. The molecule has 1 atom stereocenters. The van der Waals surface area contributed by atoms with E-state index >= 15 is 0 Å². The van der Waals surface area contributed by atoms with Gasteiger partial charge in [0.1, 0.15) is 11.5 Å². The molecule has 2 N–H and O–H groups in total. The molecule has 26 heavy (non-hydrogen) atoms. The summed E-state index contributed by atoms with van der Waals surface area (Å²) in [4.78, 5) is 28.2. The van der Waals surface area contributed by atoms with Crippen LogP contribution in [0.1, 0.15) is 24.1 Å². The Labute approximate surface area is 152 Å². The van der Waals surface area contributed by atoms with Crippen LogP contribution in [0, 0.1) is 0 Å². The molecule has 1 unspecified atom stereocenters. The second-order valence-electron chi connectivity index (χ2n) is 5.73. The van der Waals surface area contributed by atoms with Crippen molar-refractivity contribution in [1.29, 1.82) is 0 Å². The number of carbonyl (C=O) groups is 2. The molecule has 1 aromatic carbocycles. The third-order valence-corrected chi connectivity index (χ3v) is 3.90. The Morgan fingerprint density at radius 1 is 1.08 bits per heavy atom. The summed E-state index contributed by atoms with van der Waals surface area (Å²) in [6.45, 7) is 2.44. The Hall–Kier alpha value is -3.09. The molecule has 0 fully saturated rings. The van der Waals surface area contributed by atoms with Crippen molar-refractivity contribution in [2.45, 2.75) is 19.4 Å². The van der Waals surface area contributed by atoms with E-state index in [-0.39, 0.29) is 12.5 Å². The van der Waals surface area contributed by atoms with Crippen LogP contribution < -0.4 is 20.1 Å². The van der Waals surface area contributed by atoms with Crippen molar-refractivity contribution >= 4 is 11.8 Å². The minimum absolute atomic E-state index is 0.00892. The van der Waals surface area contributed by atoms with E-state index in [4.69, 9.17) is 9.47 Å². The van der Waals surface area contributed by atoms with Crippen LogP contribution in [0.4, 0.5) is 0 Å². The SMILES string of the molecule is COc1ccc(CNC(=O)C(=O)NCC(C)c2ccccn2)c(OC)c1. The summed E-state index contributed by atoms with van der Waals surface area (Å²) >= 11 is 0. The van der Waals surface area contributed by atoms with Gasteiger partial charge in [-0.3, -0.25) is 14.6 Å². The van der Waals surface area contributed by atoms with Gasteiger partial charge in [0.2, 0.25) is 0 Å². The van der Waals surface area contributed by atoms with E-state index in [2.05, 4.69) is 15.6 Å². The minimum Gasteiger partial charge on any atom is -0.497 e. The molecule has 1 heterocycles. The highest BCUT2D eigenvalue weighted by Gasteiger charge is 2.16. The highest BCUT2D eigenvalue weighted by atomic mass is 16.5. The maximum absolute atomic E-state index is 12.0. The van der Waals surface area contributed by atoms with Gasteiger partial charge in [-0.25, -0.2) is 0 Å². The number of methoxy groups -OCH3 is 2. The van der Waals surface area contributed by atoms with Crippen molar-refractivity contribution in [3.8, 4) is 11.5 Å². The molecule has 2 amide bonds. The number of aromatic nitrogens is 1. The summed E-state index contributed by atoms with van der Waals surface area (Å²) in [5.74, 6) is -0.141. The normalized spacial score (nSPS) is 11.3. The van der Waals surface area contributed by atoms with Crippen LogP contribution in [-0.4, -0.2) is 37.6 Å². The van der Waals surface area contributed by atoms with Crippen LogP contribution in [0.15, 0.2) is 42.6 Å². The molecule has 0 aliphatic carbocycles. The minimum atomic E-state index is -0.698. The number of nitrogens with zero attached hydrogens (tertiary/aromatic N) is 1. The molecule has 7 heteroatoms. The molecule has 2 rings (SSSR count). The summed E-state index contributed by atoms with van der Waals surface area (Å²) < 4.78 is 10.4. The van der Waals surface area contributed by atoms with E-state index in [0.717, 1.165) is 11.3 Å². The molecular weight excluding hydrogens is 334 g/mol. The van der Waals surface area contributed by atoms with Crippen LogP contribution in [0.5, 0.6) is 11.5 Å². The van der Waals surface area contributed by atoms with E-state index in [0.29, 0.717) is 18.0 Å². The highest BCUT2D eigenvalue weighted by molar-refractivity contribution is 6.35. The van der Waals surface area contributed by atoms with Crippen LogP contribution in [0.2, 0.25) is 0 Å². The number of amides is 2. The number of nitrogens with one attached hydrogen (secondary N) is 2. The predicted octanol–water partition coefficient (Wildman–Crippen LogP) is 1.63. The van der Waals surface area contributed by atoms with Crippen molar-refractivity contribution < 1.29 is 19.1 Å². The van der Waals surface area contributed by atoms with Crippen LogP contribution in [0.3, 0.4) is 0 Å². The van der Waals surface area contributed by atoms with Gasteiger partial charge in [0.05, 0.1) is 14.2 Å². The topological polar surface area (TPSA) is 89.5 Å². The summed E-state index contributed by atoms with van der Waals surface area (Å²) in [6, 6.07) is 10.9. The molecule has 0 spiro atoms. The second-order valence-corrected chi connectivity index (χ2v) is 5.73. The number of carbonyl (C=O) groups excluding carboxylic acids is 2. The van der Waals surface area contributed by atoms with Crippen LogP contribution in [0.25, 0.3) is 0 Å². The van der Waals surface area contributed by atoms with Gasteiger partial charge in [-0.2, -0.15) is 0 Å². The number of hydrogen-bond acceptors (Lipinski definition) is 5. The number of benzene rings is 1. The third-order valence-electron chi connectivity index (χ3n) is 3.90.